The number of carbonyl (C=O) groups excluding carboxylic acids is 3. The Bertz CT molecular complexity index is 1450. The van der Waals surface area contributed by atoms with Crippen molar-refractivity contribution in [1.82, 2.24) is 0 Å². The van der Waals surface area contributed by atoms with Gasteiger partial charge < -0.3 is 14.2 Å². The Balaban J connectivity index is 4.28. The zero-order valence-electron chi connectivity index (χ0n) is 52.6. The van der Waals surface area contributed by atoms with E-state index in [1.54, 1.807) is 0 Å². The van der Waals surface area contributed by atoms with Crippen molar-refractivity contribution < 1.29 is 28.6 Å². The first-order chi connectivity index (χ1) is 39.0. The third kappa shape index (κ3) is 65.5. The van der Waals surface area contributed by atoms with Crippen molar-refractivity contribution in [3.05, 3.63) is 72.9 Å². The van der Waals surface area contributed by atoms with Gasteiger partial charge in [-0.15, -0.1) is 0 Å². The Kier molecular flexibility index (Phi) is 64.7. The Morgan fingerprint density at radius 1 is 0.266 bits per heavy atom. The molecule has 458 valence electrons. The lowest BCUT2D eigenvalue weighted by atomic mass is 10.0. The van der Waals surface area contributed by atoms with Gasteiger partial charge >= 0.3 is 17.9 Å². The molecular formula is C73H130O6. The van der Waals surface area contributed by atoms with Crippen LogP contribution in [0.15, 0.2) is 72.9 Å². The largest absolute Gasteiger partial charge is 0.462 e. The van der Waals surface area contributed by atoms with E-state index in [2.05, 4.69) is 93.7 Å². The first-order valence-corrected chi connectivity index (χ1v) is 34.4. The molecule has 0 heterocycles. The molecule has 0 saturated carbocycles. The van der Waals surface area contributed by atoms with Crippen molar-refractivity contribution >= 4 is 17.9 Å². The number of esters is 3. The van der Waals surface area contributed by atoms with E-state index in [9.17, 15) is 14.4 Å². The van der Waals surface area contributed by atoms with Crippen LogP contribution >= 0.6 is 0 Å². The molecular weight excluding hydrogens is 973 g/mol. The van der Waals surface area contributed by atoms with Crippen LogP contribution in [0.4, 0.5) is 0 Å². The average Bonchev–Trinajstić information content (AvgIpc) is 3.45. The summed E-state index contributed by atoms with van der Waals surface area (Å²) in [6.45, 7) is 6.53. The van der Waals surface area contributed by atoms with Gasteiger partial charge in [-0.2, -0.15) is 0 Å². The highest BCUT2D eigenvalue weighted by molar-refractivity contribution is 5.71. The highest BCUT2D eigenvalue weighted by Crippen LogP contribution is 2.17. The van der Waals surface area contributed by atoms with Crippen LogP contribution < -0.4 is 0 Å². The van der Waals surface area contributed by atoms with E-state index < -0.39 is 6.10 Å². The van der Waals surface area contributed by atoms with Crippen molar-refractivity contribution in [2.24, 2.45) is 0 Å². The van der Waals surface area contributed by atoms with Gasteiger partial charge in [-0.25, -0.2) is 0 Å². The van der Waals surface area contributed by atoms with Crippen molar-refractivity contribution in [1.29, 1.82) is 0 Å². The molecule has 0 saturated heterocycles. The lowest BCUT2D eigenvalue weighted by Crippen LogP contribution is -2.30. The zero-order chi connectivity index (χ0) is 57.1. The number of unbranched alkanes of at least 4 members (excludes halogenated alkanes) is 40. The van der Waals surface area contributed by atoms with E-state index in [0.717, 1.165) is 103 Å². The first-order valence-electron chi connectivity index (χ1n) is 34.4. The fourth-order valence-corrected chi connectivity index (χ4v) is 10.0. The zero-order valence-corrected chi connectivity index (χ0v) is 52.6. The van der Waals surface area contributed by atoms with Crippen LogP contribution in [0.3, 0.4) is 0 Å². The Labute approximate surface area is 491 Å². The van der Waals surface area contributed by atoms with Crippen LogP contribution in [0.5, 0.6) is 0 Å². The Morgan fingerprint density at radius 3 is 0.810 bits per heavy atom. The lowest BCUT2D eigenvalue weighted by molar-refractivity contribution is -0.167. The minimum atomic E-state index is -0.786. The molecule has 0 aromatic rings. The van der Waals surface area contributed by atoms with Gasteiger partial charge in [-0.3, -0.25) is 14.4 Å². The summed E-state index contributed by atoms with van der Waals surface area (Å²) in [6.07, 6.45) is 87.8. The number of rotatable bonds is 63. The molecule has 6 nitrogen and oxygen atoms in total. The van der Waals surface area contributed by atoms with Crippen LogP contribution in [0.1, 0.15) is 355 Å². The summed E-state index contributed by atoms with van der Waals surface area (Å²) in [4.78, 5) is 38.4. The monoisotopic (exact) mass is 1100 g/mol. The highest BCUT2D eigenvalue weighted by Gasteiger charge is 2.19. The summed E-state index contributed by atoms with van der Waals surface area (Å²) in [5.41, 5.74) is 0. The van der Waals surface area contributed by atoms with E-state index in [4.69, 9.17) is 14.2 Å². The predicted octanol–water partition coefficient (Wildman–Crippen LogP) is 23.7. The second-order valence-electron chi connectivity index (χ2n) is 23.1. The molecule has 79 heavy (non-hydrogen) atoms. The molecule has 0 spiro atoms. The standard InChI is InChI=1S/C73H130O6/c1-4-7-10-13-16-19-22-25-28-30-32-33-34-35-36-37-38-39-41-42-45-48-51-54-57-60-63-66-72(75)78-69-70(68-77-71(74)65-62-59-56-53-50-47-44-27-24-21-18-15-12-9-6-3)79-73(76)67-64-61-58-55-52-49-46-43-40-31-29-26-23-20-17-14-11-8-5-2/h9,12,17-18,20-21,26-27,29-30,32,44,70H,4-8,10-11,13-16,19,22-25,28,31,33-43,45-69H2,1-3H3/b12-9-,20-17-,21-18-,29-26-,32-30-,44-27-. The lowest BCUT2D eigenvalue weighted by Gasteiger charge is -2.18. The summed E-state index contributed by atoms with van der Waals surface area (Å²) in [6, 6.07) is 0. The van der Waals surface area contributed by atoms with Crippen molar-refractivity contribution in [3.8, 4) is 0 Å². The maximum atomic E-state index is 12.9. The minimum Gasteiger partial charge on any atom is -0.462 e. The molecule has 0 amide bonds. The second-order valence-corrected chi connectivity index (χ2v) is 23.1. The molecule has 6 heteroatoms. The number of hydrogen-bond donors (Lipinski definition) is 0. The van der Waals surface area contributed by atoms with E-state index in [0.29, 0.717) is 19.3 Å². The average molecular weight is 1100 g/mol. The smallest absolute Gasteiger partial charge is 0.306 e. The summed E-state index contributed by atoms with van der Waals surface area (Å²) >= 11 is 0. The molecule has 0 aromatic heterocycles. The Morgan fingerprint density at radius 2 is 0.494 bits per heavy atom. The summed E-state index contributed by atoms with van der Waals surface area (Å²) in [7, 11) is 0. The third-order valence-corrected chi connectivity index (χ3v) is 15.2. The molecule has 0 N–H and O–H groups in total. The number of hydrogen-bond acceptors (Lipinski definition) is 6. The quantitative estimate of drug-likeness (QED) is 0.0261. The van der Waals surface area contributed by atoms with Gasteiger partial charge in [0.05, 0.1) is 0 Å². The van der Waals surface area contributed by atoms with Crippen LogP contribution in [0.25, 0.3) is 0 Å². The fourth-order valence-electron chi connectivity index (χ4n) is 10.0. The SMILES string of the molecule is CC/C=C\C/C=C\C/C=C\CCCCCCCC(=O)OCC(COC(=O)CCCCCCCCCCCCCCCCC/C=C\CCCCCCCCCC)OC(=O)CCCCCCCCCCC/C=C\C/C=C\CCCCC. The fraction of sp³-hybridized carbons (Fsp3) is 0.795. The molecule has 0 bridgehead atoms. The van der Waals surface area contributed by atoms with Gasteiger partial charge in [0.15, 0.2) is 6.10 Å². The molecule has 1 atom stereocenters. The van der Waals surface area contributed by atoms with Crippen molar-refractivity contribution in [2.75, 3.05) is 13.2 Å². The summed E-state index contributed by atoms with van der Waals surface area (Å²) in [5.74, 6) is -0.884. The van der Waals surface area contributed by atoms with Gasteiger partial charge in [0, 0.05) is 19.3 Å². The summed E-state index contributed by atoms with van der Waals surface area (Å²) in [5, 5.41) is 0. The van der Waals surface area contributed by atoms with Crippen LogP contribution in [-0.4, -0.2) is 37.2 Å². The molecule has 0 rings (SSSR count). The van der Waals surface area contributed by atoms with E-state index in [-0.39, 0.29) is 31.1 Å². The molecule has 0 aliphatic rings. The third-order valence-electron chi connectivity index (χ3n) is 15.2. The maximum absolute atomic E-state index is 12.9. The van der Waals surface area contributed by atoms with E-state index in [1.165, 1.54) is 212 Å². The molecule has 1 unspecified atom stereocenters. The predicted molar refractivity (Wildman–Crippen MR) is 344 cm³/mol. The first kappa shape index (κ1) is 75.8. The normalized spacial score (nSPS) is 12.5. The highest BCUT2D eigenvalue weighted by atomic mass is 16.6. The topological polar surface area (TPSA) is 78.9 Å². The molecule has 0 fully saturated rings. The molecule has 0 aromatic carbocycles. The van der Waals surface area contributed by atoms with E-state index in [1.807, 2.05) is 0 Å². The molecule has 0 aliphatic heterocycles. The summed E-state index contributed by atoms with van der Waals surface area (Å²) < 4.78 is 17.0. The van der Waals surface area contributed by atoms with E-state index >= 15 is 0 Å². The van der Waals surface area contributed by atoms with Gasteiger partial charge in [-0.05, 0) is 109 Å². The van der Waals surface area contributed by atoms with Gasteiger partial charge in [0.2, 0.25) is 0 Å². The second kappa shape index (κ2) is 67.4. The van der Waals surface area contributed by atoms with Crippen molar-refractivity contribution in [3.63, 3.8) is 0 Å². The number of carbonyl (C=O) groups is 3. The number of ether oxygens (including phenoxy) is 3. The minimum absolute atomic E-state index is 0.0803. The van der Waals surface area contributed by atoms with Crippen LogP contribution in [-0.2, 0) is 28.6 Å². The van der Waals surface area contributed by atoms with Gasteiger partial charge in [-0.1, -0.05) is 299 Å². The Hall–Kier alpha value is -3.15. The molecule has 0 radical (unpaired) electrons. The number of allylic oxidation sites excluding steroid dienone is 12. The van der Waals surface area contributed by atoms with Crippen LogP contribution in [0.2, 0.25) is 0 Å². The van der Waals surface area contributed by atoms with Crippen molar-refractivity contribution in [2.45, 2.75) is 361 Å². The van der Waals surface area contributed by atoms with Crippen LogP contribution in [0, 0.1) is 0 Å². The van der Waals surface area contributed by atoms with Gasteiger partial charge in [0.25, 0.3) is 0 Å². The maximum Gasteiger partial charge on any atom is 0.306 e. The van der Waals surface area contributed by atoms with Gasteiger partial charge in [0.1, 0.15) is 13.2 Å². The molecule has 0 aliphatic carbocycles.